The van der Waals surface area contributed by atoms with Crippen molar-refractivity contribution >= 4 is 11.9 Å². The maximum Gasteiger partial charge on any atom is 0.306 e. The van der Waals surface area contributed by atoms with Crippen LogP contribution in [0.2, 0.25) is 0 Å². The van der Waals surface area contributed by atoms with Crippen LogP contribution in [0.25, 0.3) is 0 Å². The molecule has 4 heteroatoms. The van der Waals surface area contributed by atoms with Crippen LogP contribution in [0.15, 0.2) is 0 Å². The summed E-state index contributed by atoms with van der Waals surface area (Å²) < 4.78 is 5.91. The highest BCUT2D eigenvalue weighted by Crippen LogP contribution is 2.18. The fourth-order valence-corrected chi connectivity index (χ4v) is 6.17. The van der Waals surface area contributed by atoms with Gasteiger partial charge in [0.05, 0.1) is 0 Å². The Hall–Kier alpha value is -1.06. The number of unbranched alkanes of at least 4 members (excludes halogenated alkanes) is 27. The summed E-state index contributed by atoms with van der Waals surface area (Å²) >= 11 is 0. The predicted octanol–water partition coefficient (Wildman–Crippen LogP) is 13.3. The molecule has 0 saturated heterocycles. The molecule has 0 aliphatic rings. The van der Waals surface area contributed by atoms with Gasteiger partial charge in [0.15, 0.2) is 0 Å². The molecule has 0 amide bonds. The molecule has 0 aromatic heterocycles. The fraction of sp³-hybridized carbons (Fsp3) is 0.949. The molecular weight excluding hydrogens is 532 g/mol. The number of aliphatic carboxylic acids is 1. The van der Waals surface area contributed by atoms with Crippen molar-refractivity contribution in [1.82, 2.24) is 0 Å². The molecule has 0 heterocycles. The number of carbonyl (C=O) groups excluding carboxylic acids is 1. The van der Waals surface area contributed by atoms with Crippen LogP contribution in [-0.4, -0.2) is 23.1 Å². The van der Waals surface area contributed by atoms with E-state index in [1.807, 2.05) is 0 Å². The van der Waals surface area contributed by atoms with Gasteiger partial charge in [-0.2, -0.15) is 0 Å². The third-order valence-corrected chi connectivity index (χ3v) is 9.08. The van der Waals surface area contributed by atoms with Gasteiger partial charge >= 0.3 is 11.9 Å². The van der Waals surface area contributed by atoms with Gasteiger partial charge in [0.2, 0.25) is 0 Å². The molecule has 256 valence electrons. The van der Waals surface area contributed by atoms with Gasteiger partial charge in [-0.3, -0.25) is 9.59 Å². The summed E-state index contributed by atoms with van der Waals surface area (Å²) in [4.78, 5) is 23.0. The highest BCUT2D eigenvalue weighted by molar-refractivity contribution is 5.69. The molecule has 0 aromatic carbocycles. The minimum absolute atomic E-state index is 0.0241. The molecule has 1 N–H and O–H groups in total. The van der Waals surface area contributed by atoms with E-state index in [2.05, 4.69) is 13.8 Å². The minimum Gasteiger partial charge on any atom is -0.481 e. The Morgan fingerprint density at radius 3 is 1.09 bits per heavy atom. The third kappa shape index (κ3) is 35.3. The van der Waals surface area contributed by atoms with Crippen molar-refractivity contribution in [2.45, 2.75) is 238 Å². The van der Waals surface area contributed by atoms with Crippen molar-refractivity contribution < 1.29 is 19.4 Å². The molecule has 1 unspecified atom stereocenters. The highest BCUT2D eigenvalue weighted by Gasteiger charge is 2.14. The number of rotatable bonds is 36. The van der Waals surface area contributed by atoms with Gasteiger partial charge in [-0.05, 0) is 32.1 Å². The maximum absolute atomic E-state index is 12.5. The Kier molecular flexibility index (Phi) is 34.5. The van der Waals surface area contributed by atoms with Gasteiger partial charge in [0.25, 0.3) is 0 Å². The van der Waals surface area contributed by atoms with Gasteiger partial charge in [-0.1, -0.05) is 187 Å². The van der Waals surface area contributed by atoms with E-state index in [-0.39, 0.29) is 12.1 Å². The van der Waals surface area contributed by atoms with E-state index >= 15 is 0 Å². The Morgan fingerprint density at radius 2 is 0.721 bits per heavy atom. The van der Waals surface area contributed by atoms with Crippen LogP contribution in [0.3, 0.4) is 0 Å². The van der Waals surface area contributed by atoms with Crippen LogP contribution in [-0.2, 0) is 14.3 Å². The van der Waals surface area contributed by atoms with Crippen LogP contribution in [0.5, 0.6) is 0 Å². The average molecular weight is 609 g/mol. The smallest absolute Gasteiger partial charge is 0.306 e. The lowest BCUT2D eigenvalue weighted by molar-refractivity contribution is -0.150. The summed E-state index contributed by atoms with van der Waals surface area (Å²) in [6, 6.07) is 0. The van der Waals surface area contributed by atoms with Crippen molar-refractivity contribution in [3.8, 4) is 0 Å². The summed E-state index contributed by atoms with van der Waals surface area (Å²) in [5.74, 6) is -0.653. The quantitative estimate of drug-likeness (QED) is 0.0567. The van der Waals surface area contributed by atoms with Crippen molar-refractivity contribution in [1.29, 1.82) is 0 Å². The summed E-state index contributed by atoms with van der Waals surface area (Å²) in [5, 5.41) is 8.68. The number of esters is 1. The Labute approximate surface area is 269 Å². The first-order valence-electron chi connectivity index (χ1n) is 19.5. The predicted molar refractivity (Wildman–Crippen MR) is 186 cm³/mol. The lowest BCUT2D eigenvalue weighted by atomic mass is 10.0. The van der Waals surface area contributed by atoms with Crippen molar-refractivity contribution in [3.05, 3.63) is 0 Å². The van der Waals surface area contributed by atoms with Gasteiger partial charge in [-0.15, -0.1) is 0 Å². The molecule has 0 bridgehead atoms. The van der Waals surface area contributed by atoms with E-state index in [4.69, 9.17) is 9.84 Å². The molecule has 0 saturated carbocycles. The number of ether oxygens (including phenoxy) is 1. The largest absolute Gasteiger partial charge is 0.481 e. The number of hydrogen-bond donors (Lipinski definition) is 1. The molecule has 43 heavy (non-hydrogen) atoms. The van der Waals surface area contributed by atoms with Crippen LogP contribution in [0.1, 0.15) is 232 Å². The number of carbonyl (C=O) groups is 2. The topological polar surface area (TPSA) is 63.6 Å². The van der Waals surface area contributed by atoms with E-state index in [0.29, 0.717) is 12.8 Å². The van der Waals surface area contributed by atoms with Gasteiger partial charge in [0.1, 0.15) is 6.10 Å². The van der Waals surface area contributed by atoms with E-state index in [1.165, 1.54) is 141 Å². The maximum atomic E-state index is 12.5. The molecule has 4 nitrogen and oxygen atoms in total. The first-order chi connectivity index (χ1) is 21.1. The molecule has 0 aliphatic carbocycles. The second-order valence-corrected chi connectivity index (χ2v) is 13.5. The van der Waals surface area contributed by atoms with Crippen LogP contribution in [0.4, 0.5) is 0 Å². The lowest BCUT2D eigenvalue weighted by Crippen LogP contribution is -2.18. The number of carboxylic acid groups (broad SMARTS) is 1. The third-order valence-electron chi connectivity index (χ3n) is 9.08. The van der Waals surface area contributed by atoms with E-state index in [0.717, 1.165) is 64.2 Å². The minimum atomic E-state index is -0.677. The highest BCUT2D eigenvalue weighted by atomic mass is 16.5. The summed E-state index contributed by atoms with van der Waals surface area (Å²) in [5.41, 5.74) is 0. The van der Waals surface area contributed by atoms with Gasteiger partial charge in [0, 0.05) is 12.8 Å². The molecule has 0 rings (SSSR count). The van der Waals surface area contributed by atoms with Gasteiger partial charge in [-0.25, -0.2) is 0 Å². The monoisotopic (exact) mass is 609 g/mol. The Morgan fingerprint density at radius 1 is 0.419 bits per heavy atom. The molecule has 0 fully saturated rings. The molecular formula is C39H76O4. The molecule has 0 radical (unpaired) electrons. The zero-order valence-electron chi connectivity index (χ0n) is 29.3. The Balaban J connectivity index is 3.55. The summed E-state index contributed by atoms with van der Waals surface area (Å²) in [7, 11) is 0. The van der Waals surface area contributed by atoms with Crippen molar-refractivity contribution in [2.75, 3.05) is 0 Å². The molecule has 0 aliphatic heterocycles. The van der Waals surface area contributed by atoms with Crippen molar-refractivity contribution in [3.63, 3.8) is 0 Å². The van der Waals surface area contributed by atoms with E-state index in [1.54, 1.807) is 0 Å². The van der Waals surface area contributed by atoms with E-state index in [9.17, 15) is 9.59 Å². The fourth-order valence-electron chi connectivity index (χ4n) is 6.17. The average Bonchev–Trinajstić information content (AvgIpc) is 2.99. The van der Waals surface area contributed by atoms with Gasteiger partial charge < -0.3 is 9.84 Å². The summed E-state index contributed by atoms with van der Waals surface area (Å²) in [6.45, 7) is 4.50. The second-order valence-electron chi connectivity index (χ2n) is 13.5. The zero-order valence-corrected chi connectivity index (χ0v) is 29.3. The Bertz CT molecular complexity index is 576. The zero-order chi connectivity index (χ0) is 31.5. The second kappa shape index (κ2) is 35.4. The summed E-state index contributed by atoms with van der Waals surface area (Å²) in [6.07, 6.45) is 41.7. The van der Waals surface area contributed by atoms with Crippen LogP contribution in [0, 0.1) is 0 Å². The lowest BCUT2D eigenvalue weighted by Gasteiger charge is -2.18. The van der Waals surface area contributed by atoms with Crippen LogP contribution < -0.4 is 0 Å². The number of hydrogen-bond acceptors (Lipinski definition) is 3. The van der Waals surface area contributed by atoms with Crippen LogP contribution >= 0.6 is 0 Å². The van der Waals surface area contributed by atoms with Crippen molar-refractivity contribution in [2.24, 2.45) is 0 Å². The molecule has 0 aromatic rings. The first kappa shape index (κ1) is 41.9. The molecule has 1 atom stereocenters. The molecule has 0 spiro atoms. The number of carboxylic acids is 1. The normalized spacial score (nSPS) is 12.0. The standard InChI is InChI=1S/C39H76O4/c1-3-5-7-8-9-10-11-12-13-14-15-16-17-18-19-23-26-29-32-36-39(42)43-37(33-6-4-2)34-30-27-24-21-20-22-25-28-31-35-38(40)41/h37H,3-36H2,1-2H3,(H,40,41). The first-order valence-corrected chi connectivity index (χ1v) is 19.5. The SMILES string of the molecule is CCCCCCCCCCCCCCCCCCCCCC(=O)OC(CCCC)CCCCCCCCCCCC(=O)O. The van der Waals surface area contributed by atoms with E-state index < -0.39 is 5.97 Å².